The van der Waals surface area contributed by atoms with Gasteiger partial charge in [-0.05, 0) is 26.5 Å². The SMILES string of the molecule is CCN1CCc2nc(NC(=O)CCC(=O)c3cc(C)sc3C)sc2C1. The zero-order chi connectivity index (χ0) is 18.0. The van der Waals surface area contributed by atoms with Gasteiger partial charge in [-0.2, -0.15) is 0 Å². The third-order valence-corrected chi connectivity index (χ3v) is 6.39. The van der Waals surface area contributed by atoms with Crippen molar-refractivity contribution in [2.24, 2.45) is 0 Å². The molecule has 0 bridgehead atoms. The third-order valence-electron chi connectivity index (χ3n) is 4.42. The minimum atomic E-state index is -0.142. The van der Waals surface area contributed by atoms with Crippen molar-refractivity contribution < 1.29 is 9.59 Å². The number of Topliss-reactive ketones (excluding diaryl/α,β-unsaturated/α-hetero) is 1. The zero-order valence-corrected chi connectivity index (χ0v) is 16.5. The summed E-state index contributed by atoms with van der Waals surface area (Å²) < 4.78 is 0. The van der Waals surface area contributed by atoms with Crippen molar-refractivity contribution in [2.45, 2.75) is 46.6 Å². The van der Waals surface area contributed by atoms with Gasteiger partial charge in [-0.3, -0.25) is 14.5 Å². The predicted octanol–water partition coefficient (Wildman–Crippen LogP) is 3.80. The Hall–Kier alpha value is -1.57. The number of anilines is 1. The van der Waals surface area contributed by atoms with Crippen LogP contribution in [0, 0.1) is 13.8 Å². The monoisotopic (exact) mass is 377 g/mol. The van der Waals surface area contributed by atoms with E-state index in [1.54, 1.807) is 22.7 Å². The number of hydrogen-bond donors (Lipinski definition) is 1. The molecule has 2 aromatic heterocycles. The molecule has 1 aliphatic heterocycles. The van der Waals surface area contributed by atoms with Gasteiger partial charge in [-0.25, -0.2) is 4.98 Å². The van der Waals surface area contributed by atoms with Crippen LogP contribution >= 0.6 is 22.7 Å². The predicted molar refractivity (Wildman–Crippen MR) is 103 cm³/mol. The quantitative estimate of drug-likeness (QED) is 0.778. The molecule has 0 unspecified atom stereocenters. The minimum absolute atomic E-state index is 0.0361. The first kappa shape index (κ1) is 18.2. The number of aryl methyl sites for hydroxylation is 2. The highest BCUT2D eigenvalue weighted by atomic mass is 32.1. The highest BCUT2D eigenvalue weighted by Gasteiger charge is 2.20. The summed E-state index contributed by atoms with van der Waals surface area (Å²) >= 11 is 3.17. The van der Waals surface area contributed by atoms with Gasteiger partial charge in [0, 0.05) is 52.5 Å². The molecule has 0 fully saturated rings. The number of nitrogens with zero attached hydrogens (tertiary/aromatic N) is 2. The standard InChI is InChI=1S/C18H23N3O2S2/c1-4-21-8-7-14-16(10-21)25-18(19-14)20-17(23)6-5-15(22)13-9-11(2)24-12(13)3/h9H,4-8,10H2,1-3H3,(H,19,20,23). The average molecular weight is 378 g/mol. The van der Waals surface area contributed by atoms with Gasteiger partial charge in [0.15, 0.2) is 10.9 Å². The van der Waals surface area contributed by atoms with Crippen LogP contribution in [0.25, 0.3) is 0 Å². The molecular formula is C18H23N3O2S2. The van der Waals surface area contributed by atoms with Crippen molar-refractivity contribution >= 4 is 39.5 Å². The lowest BCUT2D eigenvalue weighted by Gasteiger charge is -2.23. The Bertz CT molecular complexity index is 794. The lowest BCUT2D eigenvalue weighted by atomic mass is 10.1. The summed E-state index contributed by atoms with van der Waals surface area (Å²) in [5.74, 6) is -0.106. The Morgan fingerprint density at radius 3 is 2.76 bits per heavy atom. The summed E-state index contributed by atoms with van der Waals surface area (Å²) in [6, 6.07) is 1.91. The van der Waals surface area contributed by atoms with Crippen molar-refractivity contribution in [1.29, 1.82) is 0 Å². The molecule has 134 valence electrons. The Labute approximate surface area is 156 Å². The van der Waals surface area contributed by atoms with Crippen LogP contribution < -0.4 is 5.32 Å². The van der Waals surface area contributed by atoms with E-state index < -0.39 is 0 Å². The third kappa shape index (κ3) is 4.34. The second-order valence-electron chi connectivity index (χ2n) is 6.31. The smallest absolute Gasteiger partial charge is 0.226 e. The van der Waals surface area contributed by atoms with E-state index >= 15 is 0 Å². The first-order valence-corrected chi connectivity index (χ1v) is 10.2. The number of rotatable bonds is 6. The van der Waals surface area contributed by atoms with Crippen LogP contribution in [-0.4, -0.2) is 34.7 Å². The maximum Gasteiger partial charge on any atom is 0.226 e. The second-order valence-corrected chi connectivity index (χ2v) is 8.85. The molecule has 0 aliphatic carbocycles. The summed E-state index contributed by atoms with van der Waals surface area (Å²) in [7, 11) is 0. The van der Waals surface area contributed by atoms with Gasteiger partial charge in [-0.15, -0.1) is 22.7 Å². The van der Waals surface area contributed by atoms with Crippen molar-refractivity contribution in [2.75, 3.05) is 18.4 Å². The molecule has 1 amide bonds. The molecule has 3 heterocycles. The molecule has 0 spiro atoms. The number of thiazole rings is 1. The summed E-state index contributed by atoms with van der Waals surface area (Å²) in [6.45, 7) is 9.06. The number of thiophene rings is 1. The lowest BCUT2D eigenvalue weighted by Crippen LogP contribution is -2.29. The van der Waals surface area contributed by atoms with Gasteiger partial charge in [0.1, 0.15) is 0 Å². The van der Waals surface area contributed by atoms with E-state index in [-0.39, 0.29) is 24.5 Å². The summed E-state index contributed by atoms with van der Waals surface area (Å²) in [4.78, 5) is 34.7. The van der Waals surface area contributed by atoms with Crippen LogP contribution in [0.4, 0.5) is 5.13 Å². The molecule has 3 rings (SSSR count). The molecule has 7 heteroatoms. The molecule has 5 nitrogen and oxygen atoms in total. The Morgan fingerprint density at radius 1 is 1.28 bits per heavy atom. The zero-order valence-electron chi connectivity index (χ0n) is 14.8. The Morgan fingerprint density at radius 2 is 2.08 bits per heavy atom. The van der Waals surface area contributed by atoms with Gasteiger partial charge in [0.2, 0.25) is 5.91 Å². The van der Waals surface area contributed by atoms with Gasteiger partial charge >= 0.3 is 0 Å². The summed E-state index contributed by atoms with van der Waals surface area (Å²) in [5.41, 5.74) is 1.85. The number of ketones is 1. The van der Waals surface area contributed by atoms with E-state index in [0.717, 1.165) is 47.1 Å². The largest absolute Gasteiger partial charge is 0.302 e. The number of aromatic nitrogens is 1. The maximum atomic E-state index is 12.3. The highest BCUT2D eigenvalue weighted by molar-refractivity contribution is 7.15. The molecule has 1 N–H and O–H groups in total. The molecule has 0 saturated heterocycles. The molecule has 0 radical (unpaired) electrons. The fourth-order valence-electron chi connectivity index (χ4n) is 3.02. The van der Waals surface area contributed by atoms with Crippen LogP contribution in [-0.2, 0) is 17.8 Å². The van der Waals surface area contributed by atoms with E-state index in [2.05, 4.69) is 22.1 Å². The number of carbonyl (C=O) groups is 2. The van der Waals surface area contributed by atoms with Gasteiger partial charge in [0.25, 0.3) is 0 Å². The van der Waals surface area contributed by atoms with Crippen LogP contribution in [0.15, 0.2) is 6.07 Å². The number of fused-ring (bicyclic) bond motifs is 1. The van der Waals surface area contributed by atoms with E-state index in [0.29, 0.717) is 5.13 Å². The topological polar surface area (TPSA) is 62.3 Å². The molecule has 0 saturated carbocycles. The van der Waals surface area contributed by atoms with Crippen molar-refractivity contribution in [3.63, 3.8) is 0 Å². The number of amides is 1. The van der Waals surface area contributed by atoms with E-state index in [1.165, 1.54) is 4.88 Å². The summed E-state index contributed by atoms with van der Waals surface area (Å²) in [6.07, 6.45) is 1.36. The van der Waals surface area contributed by atoms with Gasteiger partial charge in [0.05, 0.1) is 5.69 Å². The fraction of sp³-hybridized carbons (Fsp3) is 0.500. The molecular weight excluding hydrogens is 354 g/mol. The van der Waals surface area contributed by atoms with E-state index in [1.807, 2.05) is 19.9 Å². The summed E-state index contributed by atoms with van der Waals surface area (Å²) in [5, 5.41) is 3.51. The molecule has 25 heavy (non-hydrogen) atoms. The van der Waals surface area contributed by atoms with Crippen LogP contribution in [0.2, 0.25) is 0 Å². The van der Waals surface area contributed by atoms with Crippen molar-refractivity contribution in [3.8, 4) is 0 Å². The number of nitrogens with one attached hydrogen (secondary N) is 1. The Balaban J connectivity index is 1.54. The minimum Gasteiger partial charge on any atom is -0.302 e. The van der Waals surface area contributed by atoms with Gasteiger partial charge < -0.3 is 5.32 Å². The number of carbonyl (C=O) groups excluding carboxylic acids is 2. The maximum absolute atomic E-state index is 12.3. The lowest BCUT2D eigenvalue weighted by molar-refractivity contribution is -0.116. The van der Waals surface area contributed by atoms with E-state index in [9.17, 15) is 9.59 Å². The number of likely N-dealkylation sites (N-methyl/N-ethyl adjacent to an activating group) is 1. The van der Waals surface area contributed by atoms with Crippen molar-refractivity contribution in [1.82, 2.24) is 9.88 Å². The van der Waals surface area contributed by atoms with Crippen LogP contribution in [0.5, 0.6) is 0 Å². The molecule has 2 aromatic rings. The van der Waals surface area contributed by atoms with E-state index in [4.69, 9.17) is 0 Å². The average Bonchev–Trinajstić information content (AvgIpc) is 3.13. The van der Waals surface area contributed by atoms with Crippen molar-refractivity contribution in [3.05, 3.63) is 32.0 Å². The normalized spacial score (nSPS) is 14.4. The van der Waals surface area contributed by atoms with Crippen LogP contribution in [0.1, 0.15) is 50.4 Å². The fourth-order valence-corrected chi connectivity index (χ4v) is 5.03. The van der Waals surface area contributed by atoms with Gasteiger partial charge in [-0.1, -0.05) is 6.92 Å². The first-order chi connectivity index (χ1) is 12.0. The molecule has 0 atom stereocenters. The first-order valence-electron chi connectivity index (χ1n) is 8.57. The molecule has 1 aliphatic rings. The highest BCUT2D eigenvalue weighted by Crippen LogP contribution is 2.28. The Kier molecular flexibility index (Phi) is 5.66. The van der Waals surface area contributed by atoms with Crippen LogP contribution in [0.3, 0.4) is 0 Å². The number of hydrogen-bond acceptors (Lipinski definition) is 6. The second kappa shape index (κ2) is 7.76. The molecule has 0 aromatic carbocycles.